The Balaban J connectivity index is 1.96. The van der Waals surface area contributed by atoms with Crippen molar-refractivity contribution in [1.82, 2.24) is 9.80 Å². The average Bonchev–Trinajstić information content (AvgIpc) is 2.52. The Kier molecular flexibility index (Phi) is 3.96. The molecule has 4 nitrogen and oxygen atoms in total. The van der Waals surface area contributed by atoms with Gasteiger partial charge in [-0.25, -0.2) is 0 Å². The Morgan fingerprint density at radius 2 is 2.06 bits per heavy atom. The third kappa shape index (κ3) is 2.85. The van der Waals surface area contributed by atoms with Crippen molar-refractivity contribution in [3.8, 4) is 6.07 Å². The standard InChI is InChI=1S/C14H26N4/c1-11(8-14(2,16)10-15)18-7-6-12-4-5-13(9-18)17(12)3/h11-13H,4-9,16H2,1-3H3. The predicted octanol–water partition coefficient (Wildman–Crippen LogP) is 1.17. The van der Waals surface area contributed by atoms with Crippen molar-refractivity contribution < 1.29 is 0 Å². The van der Waals surface area contributed by atoms with Crippen LogP contribution in [0, 0.1) is 11.3 Å². The van der Waals surface area contributed by atoms with Crippen molar-refractivity contribution in [3.05, 3.63) is 0 Å². The van der Waals surface area contributed by atoms with Crippen LogP contribution in [0.2, 0.25) is 0 Å². The second kappa shape index (κ2) is 5.16. The molecule has 2 bridgehead atoms. The van der Waals surface area contributed by atoms with Gasteiger partial charge in [0.25, 0.3) is 0 Å². The van der Waals surface area contributed by atoms with Crippen LogP contribution in [0.3, 0.4) is 0 Å². The second-order valence-electron chi connectivity index (χ2n) is 6.42. The summed E-state index contributed by atoms with van der Waals surface area (Å²) in [4.78, 5) is 5.08. The van der Waals surface area contributed by atoms with Crippen molar-refractivity contribution >= 4 is 0 Å². The molecule has 0 aromatic rings. The Morgan fingerprint density at radius 3 is 2.72 bits per heavy atom. The monoisotopic (exact) mass is 250 g/mol. The van der Waals surface area contributed by atoms with Gasteiger partial charge in [0, 0.05) is 24.7 Å². The first-order valence-electron chi connectivity index (χ1n) is 7.09. The van der Waals surface area contributed by atoms with Gasteiger partial charge >= 0.3 is 0 Å². The van der Waals surface area contributed by atoms with Gasteiger partial charge in [-0.2, -0.15) is 5.26 Å². The zero-order chi connectivity index (χ0) is 13.3. The maximum absolute atomic E-state index is 9.04. The fourth-order valence-corrected chi connectivity index (χ4v) is 3.52. The van der Waals surface area contributed by atoms with Gasteiger partial charge in [-0.3, -0.25) is 9.80 Å². The van der Waals surface area contributed by atoms with E-state index in [2.05, 4.69) is 29.8 Å². The quantitative estimate of drug-likeness (QED) is 0.817. The van der Waals surface area contributed by atoms with E-state index in [4.69, 9.17) is 11.0 Å². The minimum atomic E-state index is -0.698. The van der Waals surface area contributed by atoms with Gasteiger partial charge in [0.2, 0.25) is 0 Å². The first-order valence-corrected chi connectivity index (χ1v) is 7.09. The Hall–Kier alpha value is -0.630. The lowest BCUT2D eigenvalue weighted by molar-refractivity contribution is 0.163. The smallest absolute Gasteiger partial charge is 0.102 e. The van der Waals surface area contributed by atoms with Crippen LogP contribution < -0.4 is 5.73 Å². The summed E-state index contributed by atoms with van der Waals surface area (Å²) in [5, 5.41) is 9.04. The van der Waals surface area contributed by atoms with E-state index in [1.54, 1.807) is 0 Å². The number of likely N-dealkylation sites (tertiary alicyclic amines) is 1. The highest BCUT2D eigenvalue weighted by Gasteiger charge is 2.36. The van der Waals surface area contributed by atoms with Gasteiger partial charge in [0.15, 0.2) is 0 Å². The summed E-state index contributed by atoms with van der Waals surface area (Å²) < 4.78 is 0. The van der Waals surface area contributed by atoms with E-state index in [0.29, 0.717) is 12.1 Å². The minimum absolute atomic E-state index is 0.396. The molecule has 0 saturated carbocycles. The summed E-state index contributed by atoms with van der Waals surface area (Å²) in [5.41, 5.74) is 5.27. The molecule has 18 heavy (non-hydrogen) atoms. The minimum Gasteiger partial charge on any atom is -0.314 e. The van der Waals surface area contributed by atoms with E-state index >= 15 is 0 Å². The van der Waals surface area contributed by atoms with E-state index in [9.17, 15) is 0 Å². The number of fused-ring (bicyclic) bond motifs is 2. The topological polar surface area (TPSA) is 56.3 Å². The first-order chi connectivity index (χ1) is 8.43. The number of nitriles is 1. The van der Waals surface area contributed by atoms with Gasteiger partial charge < -0.3 is 5.73 Å². The molecular formula is C14H26N4. The number of likely N-dealkylation sites (N-methyl/N-ethyl adjacent to an activating group) is 1. The molecule has 0 amide bonds. The normalized spacial score (nSPS) is 34.6. The van der Waals surface area contributed by atoms with Gasteiger partial charge in [0.1, 0.15) is 5.54 Å². The van der Waals surface area contributed by atoms with Crippen molar-refractivity contribution in [2.24, 2.45) is 5.73 Å². The molecule has 0 aliphatic carbocycles. The molecule has 2 fully saturated rings. The fraction of sp³-hybridized carbons (Fsp3) is 0.929. The first kappa shape index (κ1) is 13.8. The van der Waals surface area contributed by atoms with Gasteiger partial charge in [0.05, 0.1) is 6.07 Å². The molecule has 2 heterocycles. The van der Waals surface area contributed by atoms with Crippen LogP contribution >= 0.6 is 0 Å². The molecule has 4 heteroatoms. The lowest BCUT2D eigenvalue weighted by Crippen LogP contribution is -2.46. The highest BCUT2D eigenvalue weighted by Crippen LogP contribution is 2.30. The molecule has 0 radical (unpaired) electrons. The molecule has 102 valence electrons. The predicted molar refractivity (Wildman–Crippen MR) is 73.0 cm³/mol. The maximum atomic E-state index is 9.04. The molecule has 2 saturated heterocycles. The number of nitrogens with two attached hydrogens (primary N) is 1. The van der Waals surface area contributed by atoms with Crippen LogP contribution in [0.25, 0.3) is 0 Å². The van der Waals surface area contributed by atoms with Crippen LogP contribution in [0.1, 0.15) is 39.5 Å². The molecule has 2 rings (SSSR count). The summed E-state index contributed by atoms with van der Waals surface area (Å²) in [5.74, 6) is 0. The second-order valence-corrected chi connectivity index (χ2v) is 6.42. The third-order valence-corrected chi connectivity index (χ3v) is 4.78. The van der Waals surface area contributed by atoms with Crippen LogP contribution in [0.4, 0.5) is 0 Å². The average molecular weight is 250 g/mol. The lowest BCUT2D eigenvalue weighted by atomic mass is 9.95. The molecule has 0 aromatic heterocycles. The zero-order valence-corrected chi connectivity index (χ0v) is 11.9. The summed E-state index contributed by atoms with van der Waals surface area (Å²) in [6.07, 6.45) is 4.69. The maximum Gasteiger partial charge on any atom is 0.102 e. The molecule has 0 aromatic carbocycles. The molecule has 2 aliphatic rings. The zero-order valence-electron chi connectivity index (χ0n) is 11.9. The molecule has 4 unspecified atom stereocenters. The van der Waals surface area contributed by atoms with Crippen molar-refractivity contribution in [1.29, 1.82) is 5.26 Å². The van der Waals surface area contributed by atoms with Crippen LogP contribution in [0.15, 0.2) is 0 Å². The fourth-order valence-electron chi connectivity index (χ4n) is 3.52. The van der Waals surface area contributed by atoms with Crippen LogP contribution in [-0.2, 0) is 0 Å². The summed E-state index contributed by atoms with van der Waals surface area (Å²) in [6, 6.07) is 4.08. The van der Waals surface area contributed by atoms with Crippen molar-refractivity contribution in [2.75, 3.05) is 20.1 Å². The van der Waals surface area contributed by atoms with E-state index in [0.717, 1.165) is 25.6 Å². The van der Waals surface area contributed by atoms with Gasteiger partial charge in [-0.05, 0) is 53.1 Å². The van der Waals surface area contributed by atoms with E-state index in [-0.39, 0.29) is 0 Å². The van der Waals surface area contributed by atoms with Gasteiger partial charge in [-0.1, -0.05) is 0 Å². The van der Waals surface area contributed by atoms with Crippen LogP contribution in [-0.4, -0.2) is 53.6 Å². The number of hydrogen-bond acceptors (Lipinski definition) is 4. The summed E-state index contributed by atoms with van der Waals surface area (Å²) >= 11 is 0. The molecular weight excluding hydrogens is 224 g/mol. The molecule has 0 spiro atoms. The van der Waals surface area contributed by atoms with Crippen molar-refractivity contribution in [2.45, 2.75) is 63.2 Å². The Bertz CT molecular complexity index is 333. The third-order valence-electron chi connectivity index (χ3n) is 4.78. The summed E-state index contributed by atoms with van der Waals surface area (Å²) in [7, 11) is 2.26. The highest BCUT2D eigenvalue weighted by molar-refractivity contribution is 5.03. The van der Waals surface area contributed by atoms with Gasteiger partial charge in [-0.15, -0.1) is 0 Å². The summed E-state index contributed by atoms with van der Waals surface area (Å²) in [6.45, 7) is 6.32. The van der Waals surface area contributed by atoms with Crippen molar-refractivity contribution in [3.63, 3.8) is 0 Å². The number of rotatable bonds is 3. The number of hydrogen-bond donors (Lipinski definition) is 1. The SMILES string of the molecule is CC(CC(C)(N)C#N)N1CCC2CCC(C1)N2C. The lowest BCUT2D eigenvalue weighted by Gasteiger charge is -2.33. The van der Waals surface area contributed by atoms with E-state index < -0.39 is 5.54 Å². The number of nitrogens with zero attached hydrogens (tertiary/aromatic N) is 3. The Labute approximate surface area is 111 Å². The van der Waals surface area contributed by atoms with E-state index in [1.165, 1.54) is 19.3 Å². The van der Waals surface area contributed by atoms with Crippen LogP contribution in [0.5, 0.6) is 0 Å². The molecule has 4 atom stereocenters. The largest absolute Gasteiger partial charge is 0.314 e. The molecule has 2 N–H and O–H groups in total. The Morgan fingerprint density at radius 1 is 1.39 bits per heavy atom. The van der Waals surface area contributed by atoms with E-state index in [1.807, 2.05) is 6.92 Å². The molecule has 2 aliphatic heterocycles. The highest BCUT2D eigenvalue weighted by atomic mass is 15.3.